The summed E-state index contributed by atoms with van der Waals surface area (Å²) < 4.78 is 5.54. The van der Waals surface area contributed by atoms with E-state index in [0.717, 1.165) is 26.0 Å². The van der Waals surface area contributed by atoms with Gasteiger partial charge in [-0.3, -0.25) is 9.59 Å². The minimum atomic E-state index is -0.336. The molecule has 0 aromatic heterocycles. The van der Waals surface area contributed by atoms with Gasteiger partial charge in [0.2, 0.25) is 5.91 Å². The summed E-state index contributed by atoms with van der Waals surface area (Å²) >= 11 is 5.83. The highest BCUT2D eigenvalue weighted by molar-refractivity contribution is 6.30. The van der Waals surface area contributed by atoms with Crippen molar-refractivity contribution in [2.75, 3.05) is 18.1 Å². The standard InChI is InChI=1S/C15H17ClN2O3/c16-10-3-5-11(6-4-10)18-14(19)8-13(15(18)20)17-9-12-2-1-7-21-12/h3-6,12-13,17H,1-2,7-9H2/p+1/t12-,13-/m0/s1. The number of carbonyl (C=O) groups excluding carboxylic acids is 2. The predicted molar refractivity (Wildman–Crippen MR) is 78.1 cm³/mol. The molecule has 2 aliphatic rings. The van der Waals surface area contributed by atoms with Crippen LogP contribution in [0.25, 0.3) is 0 Å². The van der Waals surface area contributed by atoms with E-state index in [1.54, 1.807) is 24.3 Å². The zero-order chi connectivity index (χ0) is 14.8. The van der Waals surface area contributed by atoms with Crippen molar-refractivity contribution in [1.82, 2.24) is 0 Å². The molecule has 0 aliphatic carbocycles. The molecule has 2 fully saturated rings. The highest BCUT2D eigenvalue weighted by Gasteiger charge is 2.42. The zero-order valence-corrected chi connectivity index (χ0v) is 12.4. The maximum atomic E-state index is 12.4. The van der Waals surface area contributed by atoms with Crippen LogP contribution in [-0.4, -0.2) is 37.1 Å². The van der Waals surface area contributed by atoms with Gasteiger partial charge in [-0.05, 0) is 37.1 Å². The number of anilines is 1. The SMILES string of the molecule is O=C1C[C@H]([NH2+]C[C@@H]2CCCO2)C(=O)N1c1ccc(Cl)cc1. The van der Waals surface area contributed by atoms with E-state index in [0.29, 0.717) is 10.7 Å². The molecule has 0 spiro atoms. The van der Waals surface area contributed by atoms with Gasteiger partial charge in [-0.1, -0.05) is 11.6 Å². The van der Waals surface area contributed by atoms with Gasteiger partial charge >= 0.3 is 0 Å². The topological polar surface area (TPSA) is 63.2 Å². The molecule has 21 heavy (non-hydrogen) atoms. The first-order valence-electron chi connectivity index (χ1n) is 7.22. The van der Waals surface area contributed by atoms with Crippen molar-refractivity contribution >= 4 is 29.1 Å². The molecule has 0 radical (unpaired) electrons. The summed E-state index contributed by atoms with van der Waals surface area (Å²) in [6.07, 6.45) is 2.56. The average Bonchev–Trinajstić information content (AvgIpc) is 3.07. The number of hydrogen-bond acceptors (Lipinski definition) is 3. The van der Waals surface area contributed by atoms with Crippen LogP contribution >= 0.6 is 11.6 Å². The zero-order valence-electron chi connectivity index (χ0n) is 11.6. The van der Waals surface area contributed by atoms with Crippen molar-refractivity contribution < 1.29 is 19.6 Å². The molecule has 0 saturated carbocycles. The Morgan fingerprint density at radius 2 is 2.05 bits per heavy atom. The van der Waals surface area contributed by atoms with Gasteiger partial charge < -0.3 is 10.1 Å². The molecule has 0 unspecified atom stereocenters. The van der Waals surface area contributed by atoms with E-state index in [9.17, 15) is 9.59 Å². The molecule has 2 N–H and O–H groups in total. The van der Waals surface area contributed by atoms with Crippen LogP contribution in [0.3, 0.4) is 0 Å². The van der Waals surface area contributed by atoms with E-state index >= 15 is 0 Å². The first kappa shape index (κ1) is 14.5. The largest absolute Gasteiger partial charge is 0.372 e. The Bertz CT molecular complexity index is 540. The molecule has 3 rings (SSSR count). The van der Waals surface area contributed by atoms with Crippen molar-refractivity contribution in [3.63, 3.8) is 0 Å². The number of nitrogens with two attached hydrogens (primary N) is 1. The van der Waals surface area contributed by atoms with Gasteiger partial charge in [0.1, 0.15) is 12.6 Å². The molecule has 1 aromatic carbocycles. The third kappa shape index (κ3) is 3.10. The summed E-state index contributed by atoms with van der Waals surface area (Å²) in [7, 11) is 0. The van der Waals surface area contributed by atoms with Crippen molar-refractivity contribution in [1.29, 1.82) is 0 Å². The number of rotatable bonds is 4. The number of halogens is 1. The second kappa shape index (κ2) is 6.13. The number of hydrogen-bond donors (Lipinski definition) is 1. The molecule has 2 amide bonds. The number of amides is 2. The van der Waals surface area contributed by atoms with E-state index in [1.807, 2.05) is 5.32 Å². The summed E-state index contributed by atoms with van der Waals surface area (Å²) in [5.74, 6) is -0.309. The van der Waals surface area contributed by atoms with Crippen LogP contribution in [-0.2, 0) is 14.3 Å². The Morgan fingerprint density at radius 1 is 1.29 bits per heavy atom. The third-order valence-corrected chi connectivity index (χ3v) is 4.23. The molecular formula is C15H18ClN2O3+. The summed E-state index contributed by atoms with van der Waals surface area (Å²) in [4.78, 5) is 25.8. The monoisotopic (exact) mass is 309 g/mol. The fourth-order valence-corrected chi connectivity index (χ4v) is 2.97. The van der Waals surface area contributed by atoms with Crippen molar-refractivity contribution in [2.45, 2.75) is 31.4 Å². The number of ether oxygens (including phenoxy) is 1. The Hall–Kier alpha value is -1.43. The average molecular weight is 310 g/mol. The Labute approximate surface area is 128 Å². The van der Waals surface area contributed by atoms with Gasteiger partial charge in [0.05, 0.1) is 12.1 Å². The van der Waals surface area contributed by atoms with E-state index in [4.69, 9.17) is 16.3 Å². The lowest BCUT2D eigenvalue weighted by Crippen LogP contribution is -2.93. The second-order valence-corrected chi connectivity index (χ2v) is 5.90. The Kier molecular flexibility index (Phi) is 4.24. The summed E-state index contributed by atoms with van der Waals surface area (Å²) in [5.41, 5.74) is 0.586. The van der Waals surface area contributed by atoms with E-state index in [1.165, 1.54) is 4.90 Å². The van der Waals surface area contributed by atoms with Crippen LogP contribution in [0.1, 0.15) is 19.3 Å². The quantitative estimate of drug-likeness (QED) is 0.833. The normalized spacial score (nSPS) is 25.9. The van der Waals surface area contributed by atoms with Crippen LogP contribution in [0.15, 0.2) is 24.3 Å². The molecule has 0 bridgehead atoms. The van der Waals surface area contributed by atoms with Crippen LogP contribution in [0.4, 0.5) is 5.69 Å². The van der Waals surface area contributed by atoms with Gasteiger partial charge in [0.25, 0.3) is 5.91 Å². The molecule has 2 atom stereocenters. The maximum Gasteiger partial charge on any atom is 0.292 e. The van der Waals surface area contributed by atoms with Crippen LogP contribution < -0.4 is 10.2 Å². The smallest absolute Gasteiger partial charge is 0.292 e. The molecule has 112 valence electrons. The van der Waals surface area contributed by atoms with Gasteiger partial charge in [-0.25, -0.2) is 4.90 Å². The summed E-state index contributed by atoms with van der Waals surface area (Å²) in [6.45, 7) is 1.53. The first-order chi connectivity index (χ1) is 10.1. The number of nitrogens with zero attached hydrogens (tertiary/aromatic N) is 1. The minimum Gasteiger partial charge on any atom is -0.372 e. The lowest BCUT2D eigenvalue weighted by Gasteiger charge is -2.15. The molecule has 1 aromatic rings. The van der Waals surface area contributed by atoms with Gasteiger partial charge in [-0.2, -0.15) is 0 Å². The van der Waals surface area contributed by atoms with Gasteiger partial charge in [0, 0.05) is 11.6 Å². The molecule has 2 aliphatic heterocycles. The van der Waals surface area contributed by atoms with Crippen molar-refractivity contribution in [2.24, 2.45) is 0 Å². The fourth-order valence-electron chi connectivity index (χ4n) is 2.85. The highest BCUT2D eigenvalue weighted by Crippen LogP contribution is 2.23. The van der Waals surface area contributed by atoms with Crippen LogP contribution in [0.2, 0.25) is 5.02 Å². The molecular weight excluding hydrogens is 292 g/mol. The molecule has 2 saturated heterocycles. The second-order valence-electron chi connectivity index (χ2n) is 5.46. The number of carbonyl (C=O) groups is 2. The molecule has 6 heteroatoms. The Balaban J connectivity index is 1.65. The number of imide groups is 1. The predicted octanol–water partition coefficient (Wildman–Crippen LogP) is 0.714. The molecule has 2 heterocycles. The van der Waals surface area contributed by atoms with E-state index < -0.39 is 0 Å². The summed E-state index contributed by atoms with van der Waals surface area (Å²) in [6, 6.07) is 6.42. The lowest BCUT2D eigenvalue weighted by molar-refractivity contribution is -0.680. The first-order valence-corrected chi connectivity index (χ1v) is 7.60. The lowest BCUT2D eigenvalue weighted by atomic mass is 10.2. The van der Waals surface area contributed by atoms with Gasteiger partial charge in [0.15, 0.2) is 6.04 Å². The van der Waals surface area contributed by atoms with Crippen LogP contribution in [0.5, 0.6) is 0 Å². The molecule has 5 nitrogen and oxygen atoms in total. The fraction of sp³-hybridized carbons (Fsp3) is 0.467. The third-order valence-electron chi connectivity index (χ3n) is 3.97. The van der Waals surface area contributed by atoms with Crippen molar-refractivity contribution in [3.8, 4) is 0 Å². The van der Waals surface area contributed by atoms with E-state index in [2.05, 4.69) is 0 Å². The highest BCUT2D eigenvalue weighted by atomic mass is 35.5. The minimum absolute atomic E-state index is 0.152. The number of benzene rings is 1. The maximum absolute atomic E-state index is 12.4. The van der Waals surface area contributed by atoms with Crippen LogP contribution in [0, 0.1) is 0 Å². The van der Waals surface area contributed by atoms with Gasteiger partial charge in [-0.15, -0.1) is 0 Å². The number of quaternary nitrogens is 1. The van der Waals surface area contributed by atoms with E-state index in [-0.39, 0.29) is 30.4 Å². The Morgan fingerprint density at radius 3 is 2.71 bits per heavy atom. The van der Waals surface area contributed by atoms with Crippen molar-refractivity contribution in [3.05, 3.63) is 29.3 Å². The summed E-state index contributed by atoms with van der Waals surface area (Å²) in [5, 5.41) is 2.52.